The highest BCUT2D eigenvalue weighted by Crippen LogP contribution is 2.27. The minimum absolute atomic E-state index is 0.101. The van der Waals surface area contributed by atoms with Crippen LogP contribution in [0.15, 0.2) is 47.6 Å². The molecule has 2 unspecified atom stereocenters. The van der Waals surface area contributed by atoms with Gasteiger partial charge in [-0.15, -0.1) is 0 Å². The van der Waals surface area contributed by atoms with Crippen LogP contribution in [0.2, 0.25) is 0 Å². The van der Waals surface area contributed by atoms with Gasteiger partial charge in [-0.1, -0.05) is 18.2 Å². The van der Waals surface area contributed by atoms with Crippen molar-refractivity contribution in [1.29, 1.82) is 0 Å². The Balaban J connectivity index is 1.27. The summed E-state index contributed by atoms with van der Waals surface area (Å²) in [5.41, 5.74) is 1.25. The number of hydrogen-bond donors (Lipinski definition) is 2. The molecule has 0 aliphatic carbocycles. The summed E-state index contributed by atoms with van der Waals surface area (Å²) in [6.07, 6.45) is 3.53. The third-order valence-electron chi connectivity index (χ3n) is 5.00. The lowest BCUT2D eigenvalue weighted by Crippen LogP contribution is -2.47. The topological polar surface area (TPSA) is 61.8 Å². The quantitative estimate of drug-likeness (QED) is 0.637. The van der Waals surface area contributed by atoms with Crippen molar-refractivity contribution in [2.24, 2.45) is 4.99 Å². The lowest BCUT2D eigenvalue weighted by atomic mass is 10.1. The maximum atomic E-state index is 13.9. The lowest BCUT2D eigenvalue weighted by Gasteiger charge is -2.20. The first-order valence-corrected chi connectivity index (χ1v) is 9.30. The number of halogens is 1. The lowest BCUT2D eigenvalue weighted by molar-refractivity contribution is 0.234. The molecule has 1 fully saturated rings. The van der Waals surface area contributed by atoms with Crippen molar-refractivity contribution in [3.8, 4) is 5.75 Å². The van der Waals surface area contributed by atoms with Crippen molar-refractivity contribution in [2.45, 2.75) is 25.0 Å². The van der Waals surface area contributed by atoms with Crippen LogP contribution in [0.3, 0.4) is 0 Å². The van der Waals surface area contributed by atoms with Gasteiger partial charge in [-0.05, 0) is 30.2 Å². The second-order valence-electron chi connectivity index (χ2n) is 6.89. The Morgan fingerprint density at radius 1 is 1.33 bits per heavy atom. The molecule has 6 nitrogen and oxygen atoms in total. The molecular weight excluding hydrogens is 345 g/mol. The molecule has 3 heterocycles. The van der Waals surface area contributed by atoms with Gasteiger partial charge in [0.15, 0.2) is 17.6 Å². The van der Waals surface area contributed by atoms with Crippen molar-refractivity contribution in [3.63, 3.8) is 0 Å². The summed E-state index contributed by atoms with van der Waals surface area (Å²) in [7, 11) is 1.75. The summed E-state index contributed by atoms with van der Waals surface area (Å²) in [4.78, 5) is 10.4. The Morgan fingerprint density at radius 3 is 3.04 bits per heavy atom. The van der Waals surface area contributed by atoms with Crippen molar-refractivity contribution in [3.05, 3.63) is 54.0 Å². The molecule has 0 bridgehead atoms. The van der Waals surface area contributed by atoms with Gasteiger partial charge in [0.2, 0.25) is 0 Å². The molecule has 4 rings (SSSR count). The molecule has 1 aromatic heterocycles. The van der Waals surface area contributed by atoms with E-state index in [0.717, 1.165) is 31.1 Å². The third kappa shape index (κ3) is 3.97. The summed E-state index contributed by atoms with van der Waals surface area (Å²) < 4.78 is 19.9. The molecule has 2 N–H and O–H groups in total. The van der Waals surface area contributed by atoms with Gasteiger partial charge >= 0.3 is 0 Å². The van der Waals surface area contributed by atoms with Crippen molar-refractivity contribution in [1.82, 2.24) is 15.6 Å². The molecule has 0 spiro atoms. The van der Waals surface area contributed by atoms with Crippen LogP contribution in [-0.4, -0.2) is 49.8 Å². The van der Waals surface area contributed by atoms with Crippen molar-refractivity contribution < 1.29 is 9.13 Å². The van der Waals surface area contributed by atoms with Crippen LogP contribution >= 0.6 is 0 Å². The number of fused-ring (bicyclic) bond motifs is 1. The van der Waals surface area contributed by atoms with Crippen molar-refractivity contribution in [2.75, 3.05) is 31.6 Å². The molecule has 2 aromatic rings. The molecule has 1 aromatic carbocycles. The van der Waals surface area contributed by atoms with E-state index in [2.05, 4.69) is 26.7 Å². The van der Waals surface area contributed by atoms with Crippen LogP contribution in [-0.2, 0) is 6.42 Å². The zero-order valence-electron chi connectivity index (χ0n) is 15.4. The number of anilines is 1. The van der Waals surface area contributed by atoms with Gasteiger partial charge < -0.3 is 20.3 Å². The second kappa shape index (κ2) is 7.82. The first-order chi connectivity index (χ1) is 13.2. The summed E-state index contributed by atoms with van der Waals surface area (Å²) >= 11 is 0. The van der Waals surface area contributed by atoms with Gasteiger partial charge in [0.25, 0.3) is 0 Å². The normalized spacial score (nSPS) is 21.7. The monoisotopic (exact) mass is 369 g/mol. The number of ether oxygens (including phenoxy) is 1. The van der Waals surface area contributed by atoms with E-state index in [1.54, 1.807) is 19.3 Å². The zero-order valence-corrected chi connectivity index (χ0v) is 15.4. The molecule has 27 heavy (non-hydrogen) atoms. The van der Waals surface area contributed by atoms with Crippen LogP contribution in [0.4, 0.5) is 10.2 Å². The molecule has 2 atom stereocenters. The van der Waals surface area contributed by atoms with E-state index in [1.165, 1.54) is 11.6 Å². The fourth-order valence-electron chi connectivity index (χ4n) is 3.65. The number of aromatic nitrogens is 1. The number of pyridine rings is 1. The Labute approximate surface area is 158 Å². The Morgan fingerprint density at radius 2 is 2.22 bits per heavy atom. The summed E-state index contributed by atoms with van der Waals surface area (Å²) in [5.74, 6) is 1.85. The summed E-state index contributed by atoms with van der Waals surface area (Å²) in [6.45, 7) is 2.14. The Bertz CT molecular complexity index is 803. The molecule has 2 aliphatic rings. The van der Waals surface area contributed by atoms with E-state index in [0.29, 0.717) is 18.9 Å². The van der Waals surface area contributed by atoms with Crippen LogP contribution in [0.5, 0.6) is 5.75 Å². The fraction of sp³-hybridized carbons (Fsp3) is 0.400. The van der Waals surface area contributed by atoms with E-state index in [4.69, 9.17) is 4.74 Å². The Kier molecular flexibility index (Phi) is 5.09. The van der Waals surface area contributed by atoms with E-state index < -0.39 is 0 Å². The molecule has 0 amide bonds. The summed E-state index contributed by atoms with van der Waals surface area (Å²) in [6, 6.07) is 11.4. The first kappa shape index (κ1) is 17.6. The standard InChI is InChI=1S/C20H24FN5O/c1-22-20(24-12-16-11-14-5-2-3-7-18(14)27-16)25-15-8-10-26(13-15)19-17(21)6-4-9-23-19/h2-7,9,15-16H,8,10-13H2,1H3,(H2,22,24,25). The SMILES string of the molecule is CN=C(NCC1Cc2ccccc2O1)NC1CCN(c2ncccc2F)C1. The molecule has 142 valence electrons. The number of rotatable bonds is 4. The minimum atomic E-state index is -0.279. The predicted octanol–water partition coefficient (Wildman–Crippen LogP) is 1.97. The number of para-hydroxylation sites is 1. The number of nitrogens with zero attached hydrogens (tertiary/aromatic N) is 3. The highest BCUT2D eigenvalue weighted by molar-refractivity contribution is 5.80. The first-order valence-electron chi connectivity index (χ1n) is 9.30. The number of hydrogen-bond acceptors (Lipinski definition) is 4. The highest BCUT2D eigenvalue weighted by atomic mass is 19.1. The van der Waals surface area contributed by atoms with Gasteiger partial charge in [0.1, 0.15) is 11.9 Å². The number of nitrogens with one attached hydrogen (secondary N) is 2. The van der Waals surface area contributed by atoms with E-state index in [1.807, 2.05) is 23.1 Å². The molecule has 1 saturated heterocycles. The Hall–Kier alpha value is -2.83. The minimum Gasteiger partial charge on any atom is -0.488 e. The third-order valence-corrected chi connectivity index (χ3v) is 5.00. The largest absolute Gasteiger partial charge is 0.488 e. The van der Waals surface area contributed by atoms with Crippen LogP contribution < -0.4 is 20.3 Å². The molecule has 7 heteroatoms. The smallest absolute Gasteiger partial charge is 0.191 e. The number of benzene rings is 1. The fourth-order valence-corrected chi connectivity index (χ4v) is 3.65. The van der Waals surface area contributed by atoms with Gasteiger partial charge in [-0.25, -0.2) is 9.37 Å². The van der Waals surface area contributed by atoms with Crippen LogP contribution in [0.1, 0.15) is 12.0 Å². The number of aliphatic imine (C=N–C) groups is 1. The van der Waals surface area contributed by atoms with Gasteiger partial charge in [0, 0.05) is 38.8 Å². The summed E-state index contributed by atoms with van der Waals surface area (Å²) in [5, 5.41) is 6.77. The molecular formula is C20H24FN5O. The predicted molar refractivity (Wildman–Crippen MR) is 104 cm³/mol. The van der Waals surface area contributed by atoms with Gasteiger partial charge in [-0.2, -0.15) is 0 Å². The number of guanidine groups is 1. The average Bonchev–Trinajstić information content (AvgIpc) is 3.32. The highest BCUT2D eigenvalue weighted by Gasteiger charge is 2.27. The second-order valence-corrected chi connectivity index (χ2v) is 6.89. The molecule has 2 aliphatic heterocycles. The van der Waals surface area contributed by atoms with Gasteiger partial charge in [-0.3, -0.25) is 4.99 Å². The van der Waals surface area contributed by atoms with E-state index >= 15 is 0 Å². The molecule has 0 saturated carbocycles. The molecule has 0 radical (unpaired) electrons. The van der Waals surface area contributed by atoms with E-state index in [9.17, 15) is 4.39 Å². The maximum absolute atomic E-state index is 13.9. The average molecular weight is 369 g/mol. The van der Waals surface area contributed by atoms with Gasteiger partial charge in [0.05, 0.1) is 6.54 Å². The van der Waals surface area contributed by atoms with Crippen LogP contribution in [0, 0.1) is 5.82 Å². The maximum Gasteiger partial charge on any atom is 0.191 e. The van der Waals surface area contributed by atoms with Crippen molar-refractivity contribution >= 4 is 11.8 Å². The van der Waals surface area contributed by atoms with E-state index in [-0.39, 0.29) is 18.0 Å². The zero-order chi connectivity index (χ0) is 18.6. The van der Waals surface area contributed by atoms with Crippen LogP contribution in [0.25, 0.3) is 0 Å².